The van der Waals surface area contributed by atoms with Gasteiger partial charge in [0, 0.05) is 6.16 Å². The summed E-state index contributed by atoms with van der Waals surface area (Å²) in [4.78, 5) is 0. The third-order valence-corrected chi connectivity index (χ3v) is 4.75. The summed E-state index contributed by atoms with van der Waals surface area (Å²) in [6.45, 7) is 8.47. The van der Waals surface area contributed by atoms with E-state index < -0.39 is 6.29 Å². The topological polar surface area (TPSA) is 40.5 Å². The molecule has 2 nitrogen and oxygen atoms in total. The van der Waals surface area contributed by atoms with E-state index in [-0.39, 0.29) is 13.1 Å². The van der Waals surface area contributed by atoms with Crippen LogP contribution in [0.5, 0.6) is 0 Å². The molecule has 0 saturated carbocycles. The van der Waals surface area contributed by atoms with Gasteiger partial charge < -0.3 is 10.2 Å². The maximum absolute atomic E-state index is 8.66. The van der Waals surface area contributed by atoms with Crippen molar-refractivity contribution in [1.29, 1.82) is 0 Å². The van der Waals surface area contributed by atoms with Crippen LogP contribution in [-0.4, -0.2) is 34.5 Å². The van der Waals surface area contributed by atoms with Crippen molar-refractivity contribution in [1.82, 2.24) is 0 Å². The van der Waals surface area contributed by atoms with E-state index in [1.54, 1.807) is 0 Å². The first-order valence-corrected chi connectivity index (χ1v) is 5.39. The van der Waals surface area contributed by atoms with E-state index in [0.29, 0.717) is 6.16 Å². The fourth-order valence-electron chi connectivity index (χ4n) is 0.519. The average Bonchev–Trinajstić information content (AvgIpc) is 1.60. The molecule has 0 radical (unpaired) electrons. The zero-order valence-corrected chi connectivity index (χ0v) is 8.02. The summed E-state index contributed by atoms with van der Waals surface area (Å²) >= 11 is 0. The molecular formula is C7H17O2P. The van der Waals surface area contributed by atoms with Crippen LogP contribution in [0, 0.1) is 0 Å². The standard InChI is InChI=1S/C7H17O2P/c1-7(2,3)10(4)5-6(8)9/h6,8-9H,5H2,1-4H3. The van der Waals surface area contributed by atoms with Crippen LogP contribution in [0.25, 0.3) is 0 Å². The number of aliphatic hydroxyl groups excluding tert-OH is 1. The molecular weight excluding hydrogens is 147 g/mol. The van der Waals surface area contributed by atoms with E-state index in [4.69, 9.17) is 10.2 Å². The Kier molecular flexibility index (Phi) is 3.79. The Labute approximate surface area is 64.0 Å². The van der Waals surface area contributed by atoms with E-state index in [2.05, 4.69) is 27.4 Å². The van der Waals surface area contributed by atoms with Crippen LogP contribution in [-0.2, 0) is 0 Å². The molecule has 0 spiro atoms. The first kappa shape index (κ1) is 10.3. The quantitative estimate of drug-likeness (QED) is 0.475. The molecule has 3 heteroatoms. The fraction of sp³-hybridized carbons (Fsp3) is 1.00. The molecule has 1 atom stereocenters. The second-order valence-corrected chi connectivity index (χ2v) is 6.63. The monoisotopic (exact) mass is 164 g/mol. The third-order valence-electron chi connectivity index (χ3n) is 1.58. The Balaban J connectivity index is 3.73. The minimum Gasteiger partial charge on any atom is -0.368 e. The number of hydrogen-bond acceptors (Lipinski definition) is 2. The second kappa shape index (κ2) is 3.66. The van der Waals surface area contributed by atoms with E-state index in [1.807, 2.05) is 0 Å². The highest BCUT2D eigenvalue weighted by molar-refractivity contribution is 7.58. The van der Waals surface area contributed by atoms with Gasteiger partial charge in [0.2, 0.25) is 0 Å². The van der Waals surface area contributed by atoms with Gasteiger partial charge in [-0.25, -0.2) is 0 Å². The average molecular weight is 164 g/mol. The summed E-state index contributed by atoms with van der Waals surface area (Å²) in [5.74, 6) is 0. The van der Waals surface area contributed by atoms with E-state index in [9.17, 15) is 0 Å². The largest absolute Gasteiger partial charge is 0.368 e. The van der Waals surface area contributed by atoms with Gasteiger partial charge in [-0.3, -0.25) is 0 Å². The van der Waals surface area contributed by atoms with Crippen LogP contribution in [0.1, 0.15) is 20.8 Å². The molecule has 0 aliphatic carbocycles. The van der Waals surface area contributed by atoms with E-state index >= 15 is 0 Å². The Bertz CT molecular complexity index is 96.3. The van der Waals surface area contributed by atoms with Gasteiger partial charge in [0.15, 0.2) is 6.29 Å². The molecule has 0 aliphatic rings. The minimum atomic E-state index is -1.13. The highest BCUT2D eigenvalue weighted by Gasteiger charge is 2.20. The highest BCUT2D eigenvalue weighted by Crippen LogP contribution is 2.45. The minimum absolute atomic E-state index is 0.235. The van der Waals surface area contributed by atoms with Gasteiger partial charge in [0.1, 0.15) is 0 Å². The Morgan fingerprint density at radius 2 is 1.70 bits per heavy atom. The van der Waals surface area contributed by atoms with Gasteiger partial charge >= 0.3 is 0 Å². The van der Waals surface area contributed by atoms with Crippen molar-refractivity contribution < 1.29 is 10.2 Å². The molecule has 0 aromatic heterocycles. The zero-order valence-electron chi connectivity index (χ0n) is 7.13. The van der Waals surface area contributed by atoms with Gasteiger partial charge in [-0.05, 0) is 11.8 Å². The first-order chi connectivity index (χ1) is 4.34. The normalized spacial score (nSPS) is 15.9. The molecule has 0 bridgehead atoms. The lowest BCUT2D eigenvalue weighted by molar-refractivity contribution is -0.0197. The van der Waals surface area contributed by atoms with Crippen molar-refractivity contribution in [2.24, 2.45) is 0 Å². The Hall–Kier alpha value is 0.350. The summed E-state index contributed by atoms with van der Waals surface area (Å²) in [5.41, 5.74) is 0. The summed E-state index contributed by atoms with van der Waals surface area (Å²) in [6, 6.07) is 0. The molecule has 0 amide bonds. The number of rotatable bonds is 2. The third kappa shape index (κ3) is 4.21. The predicted octanol–water partition coefficient (Wildman–Crippen LogP) is 1.21. The Morgan fingerprint density at radius 3 is 1.80 bits per heavy atom. The van der Waals surface area contributed by atoms with E-state index in [1.165, 1.54) is 0 Å². The van der Waals surface area contributed by atoms with Crippen molar-refractivity contribution in [2.75, 3.05) is 12.8 Å². The second-order valence-electron chi connectivity index (χ2n) is 3.53. The molecule has 0 aromatic carbocycles. The van der Waals surface area contributed by atoms with Gasteiger partial charge in [-0.15, -0.1) is 0 Å². The molecule has 0 aliphatic heterocycles. The fourth-order valence-corrected chi connectivity index (χ4v) is 1.56. The molecule has 0 saturated heterocycles. The predicted molar refractivity (Wildman–Crippen MR) is 45.7 cm³/mol. The van der Waals surface area contributed by atoms with Crippen molar-refractivity contribution in [2.45, 2.75) is 32.2 Å². The zero-order chi connectivity index (χ0) is 8.36. The van der Waals surface area contributed by atoms with Gasteiger partial charge in [0.05, 0.1) is 0 Å². The molecule has 10 heavy (non-hydrogen) atoms. The van der Waals surface area contributed by atoms with Gasteiger partial charge in [-0.2, -0.15) is 0 Å². The molecule has 62 valence electrons. The van der Waals surface area contributed by atoms with Crippen LogP contribution < -0.4 is 0 Å². The van der Waals surface area contributed by atoms with Crippen LogP contribution in [0.4, 0.5) is 0 Å². The van der Waals surface area contributed by atoms with Crippen LogP contribution in [0.3, 0.4) is 0 Å². The molecule has 0 heterocycles. The summed E-state index contributed by atoms with van der Waals surface area (Å²) in [7, 11) is -0.261. The van der Waals surface area contributed by atoms with Crippen molar-refractivity contribution in [3.05, 3.63) is 0 Å². The highest BCUT2D eigenvalue weighted by atomic mass is 31.1. The SMILES string of the molecule is CP(CC(O)O)C(C)(C)C. The number of hydrogen-bond donors (Lipinski definition) is 2. The summed E-state index contributed by atoms with van der Waals surface area (Å²) in [6.07, 6.45) is -0.603. The molecule has 0 aromatic rings. The maximum Gasteiger partial charge on any atom is 0.155 e. The van der Waals surface area contributed by atoms with Crippen LogP contribution >= 0.6 is 7.92 Å². The van der Waals surface area contributed by atoms with E-state index in [0.717, 1.165) is 0 Å². The van der Waals surface area contributed by atoms with Crippen molar-refractivity contribution >= 4 is 7.92 Å². The van der Waals surface area contributed by atoms with Crippen LogP contribution in [0.15, 0.2) is 0 Å². The lowest BCUT2D eigenvalue weighted by Crippen LogP contribution is -2.19. The first-order valence-electron chi connectivity index (χ1n) is 3.41. The lowest BCUT2D eigenvalue weighted by Gasteiger charge is -2.28. The molecule has 0 rings (SSSR count). The van der Waals surface area contributed by atoms with Crippen LogP contribution in [0.2, 0.25) is 0 Å². The van der Waals surface area contributed by atoms with Gasteiger partial charge in [-0.1, -0.05) is 28.7 Å². The maximum atomic E-state index is 8.66. The molecule has 0 fully saturated rings. The van der Waals surface area contributed by atoms with Crippen molar-refractivity contribution in [3.8, 4) is 0 Å². The number of aliphatic hydroxyl groups is 2. The molecule has 2 N–H and O–H groups in total. The summed E-state index contributed by atoms with van der Waals surface area (Å²) < 4.78 is 0. The lowest BCUT2D eigenvalue weighted by atomic mass is 10.3. The smallest absolute Gasteiger partial charge is 0.155 e. The Morgan fingerprint density at radius 1 is 1.30 bits per heavy atom. The molecule has 1 unspecified atom stereocenters. The summed E-state index contributed by atoms with van der Waals surface area (Å²) in [5, 5.41) is 17.6. The van der Waals surface area contributed by atoms with Crippen molar-refractivity contribution in [3.63, 3.8) is 0 Å². The van der Waals surface area contributed by atoms with Gasteiger partial charge in [0.25, 0.3) is 0 Å².